The highest BCUT2D eigenvalue weighted by atomic mass is 32.2. The maximum absolute atomic E-state index is 13.9. The summed E-state index contributed by atoms with van der Waals surface area (Å²) in [5.74, 6) is 1.38. The molecule has 1 aliphatic heterocycles. The van der Waals surface area contributed by atoms with Crippen LogP contribution >= 0.6 is 11.8 Å². The maximum Gasteiger partial charge on any atom is 0.267 e. The highest BCUT2D eigenvalue weighted by Crippen LogP contribution is 2.39. The zero-order valence-corrected chi connectivity index (χ0v) is 22.6. The number of aliphatic imine (C=N–C) groups is 1. The Morgan fingerprint density at radius 2 is 1.74 bits per heavy atom. The van der Waals surface area contributed by atoms with Crippen molar-refractivity contribution in [2.75, 3.05) is 7.11 Å². The first-order valence-corrected chi connectivity index (χ1v) is 14.0. The third kappa shape index (κ3) is 5.38. The summed E-state index contributed by atoms with van der Waals surface area (Å²) in [6, 6.07) is 23.6. The van der Waals surface area contributed by atoms with Crippen molar-refractivity contribution in [1.82, 2.24) is 19.7 Å². The SMILES string of the molecule is COc1ccc(-c2nn(-c3ccccc3)cc2/C=C2\S/C(=N/c3ccccn3)N(C3CCCCC3)C2=O)cc1. The Morgan fingerprint density at radius 1 is 0.974 bits per heavy atom. The van der Waals surface area contributed by atoms with Gasteiger partial charge in [-0.25, -0.2) is 14.7 Å². The van der Waals surface area contributed by atoms with Crippen LogP contribution in [0.15, 0.2) is 95.1 Å². The van der Waals surface area contributed by atoms with E-state index >= 15 is 0 Å². The largest absolute Gasteiger partial charge is 0.497 e. The number of pyridine rings is 1. The first-order chi connectivity index (χ1) is 19.2. The fourth-order valence-electron chi connectivity index (χ4n) is 5.06. The molecule has 39 heavy (non-hydrogen) atoms. The monoisotopic (exact) mass is 535 g/mol. The number of aromatic nitrogens is 3. The lowest BCUT2D eigenvalue weighted by molar-refractivity contribution is -0.124. The lowest BCUT2D eigenvalue weighted by atomic mass is 9.94. The molecule has 6 rings (SSSR count). The molecule has 1 saturated carbocycles. The molecular weight excluding hydrogens is 506 g/mol. The summed E-state index contributed by atoms with van der Waals surface area (Å²) in [4.78, 5) is 25.6. The van der Waals surface area contributed by atoms with E-state index in [4.69, 9.17) is 14.8 Å². The molecule has 2 aromatic heterocycles. The van der Waals surface area contributed by atoms with Gasteiger partial charge in [0.2, 0.25) is 0 Å². The highest BCUT2D eigenvalue weighted by Gasteiger charge is 2.39. The van der Waals surface area contributed by atoms with E-state index in [0.29, 0.717) is 15.9 Å². The number of ether oxygens (including phenoxy) is 1. The van der Waals surface area contributed by atoms with E-state index in [0.717, 1.165) is 53.9 Å². The van der Waals surface area contributed by atoms with Crippen LogP contribution in [0.5, 0.6) is 5.75 Å². The number of para-hydroxylation sites is 1. The molecule has 1 aliphatic carbocycles. The van der Waals surface area contributed by atoms with Crippen LogP contribution in [0.25, 0.3) is 23.0 Å². The molecule has 196 valence electrons. The summed E-state index contributed by atoms with van der Waals surface area (Å²) in [5, 5.41) is 5.62. The van der Waals surface area contributed by atoms with Crippen LogP contribution < -0.4 is 4.74 Å². The molecule has 1 amide bonds. The highest BCUT2D eigenvalue weighted by molar-refractivity contribution is 8.18. The number of benzene rings is 2. The molecule has 0 unspecified atom stereocenters. The van der Waals surface area contributed by atoms with Gasteiger partial charge >= 0.3 is 0 Å². The number of hydrogen-bond donors (Lipinski definition) is 0. The van der Waals surface area contributed by atoms with E-state index in [1.54, 1.807) is 13.3 Å². The van der Waals surface area contributed by atoms with Crippen LogP contribution in [0.1, 0.15) is 37.7 Å². The standard InChI is InChI=1S/C31H29N5O2S/c1-38-26-17-15-22(16-18-26)29-23(21-35(34-29)24-10-4-2-5-11-24)20-27-30(37)36(25-12-6-3-7-13-25)31(39-27)33-28-14-8-9-19-32-28/h2,4-5,8-11,14-21,25H,3,6-7,12-13H2,1H3/b27-20-,33-31+. The summed E-state index contributed by atoms with van der Waals surface area (Å²) in [6.45, 7) is 0. The molecule has 2 aromatic carbocycles. The number of nitrogens with zero attached hydrogens (tertiary/aromatic N) is 5. The van der Waals surface area contributed by atoms with Crippen molar-refractivity contribution in [1.29, 1.82) is 0 Å². The van der Waals surface area contributed by atoms with Gasteiger partial charge in [-0.15, -0.1) is 0 Å². The molecule has 0 bridgehead atoms. The summed E-state index contributed by atoms with van der Waals surface area (Å²) in [5.41, 5.74) is 3.55. The molecular formula is C31H29N5O2S. The van der Waals surface area contributed by atoms with Gasteiger partial charge in [-0.1, -0.05) is 43.5 Å². The van der Waals surface area contributed by atoms with Gasteiger partial charge in [0, 0.05) is 29.6 Å². The Bertz CT molecular complexity index is 1510. The van der Waals surface area contributed by atoms with Crippen molar-refractivity contribution in [3.8, 4) is 22.7 Å². The summed E-state index contributed by atoms with van der Waals surface area (Å²) in [6.07, 6.45) is 11.1. The molecule has 1 saturated heterocycles. The predicted molar refractivity (Wildman–Crippen MR) is 156 cm³/mol. The van der Waals surface area contributed by atoms with Gasteiger partial charge in [0.15, 0.2) is 11.0 Å². The molecule has 7 nitrogen and oxygen atoms in total. The van der Waals surface area contributed by atoms with E-state index < -0.39 is 0 Å². The Hall–Kier alpha value is -4.17. The molecule has 0 spiro atoms. The molecule has 0 N–H and O–H groups in total. The minimum absolute atomic E-state index is 0.00489. The molecule has 4 aromatic rings. The number of thioether (sulfide) groups is 1. The smallest absolute Gasteiger partial charge is 0.267 e. The number of rotatable bonds is 6. The normalized spacial score (nSPS) is 18.3. The first kappa shape index (κ1) is 25.1. The van der Waals surface area contributed by atoms with Crippen LogP contribution in [0.2, 0.25) is 0 Å². The lowest BCUT2D eigenvalue weighted by Gasteiger charge is -2.30. The van der Waals surface area contributed by atoms with Gasteiger partial charge in [0.05, 0.1) is 23.4 Å². The van der Waals surface area contributed by atoms with Crippen LogP contribution in [-0.4, -0.2) is 43.9 Å². The molecule has 3 heterocycles. The zero-order valence-electron chi connectivity index (χ0n) is 21.7. The maximum atomic E-state index is 13.9. The average Bonchev–Trinajstić information content (AvgIpc) is 3.55. The molecule has 2 aliphatic rings. The Labute approximate surface area is 232 Å². The number of amides is 1. The number of carbonyl (C=O) groups excluding carboxylic acids is 1. The van der Waals surface area contributed by atoms with Crippen molar-refractivity contribution in [2.45, 2.75) is 38.1 Å². The van der Waals surface area contributed by atoms with Crippen molar-refractivity contribution in [3.05, 3.63) is 95.7 Å². The minimum atomic E-state index is -0.00489. The van der Waals surface area contributed by atoms with Gasteiger partial charge in [0.25, 0.3) is 5.91 Å². The first-order valence-electron chi connectivity index (χ1n) is 13.2. The van der Waals surface area contributed by atoms with Crippen LogP contribution in [0.4, 0.5) is 5.82 Å². The summed E-state index contributed by atoms with van der Waals surface area (Å²) in [7, 11) is 1.65. The minimum Gasteiger partial charge on any atom is -0.497 e. The third-order valence-corrected chi connectivity index (χ3v) is 8.03. The van der Waals surface area contributed by atoms with Crippen LogP contribution in [0.3, 0.4) is 0 Å². The van der Waals surface area contributed by atoms with Crippen LogP contribution in [-0.2, 0) is 4.79 Å². The molecule has 0 radical (unpaired) electrons. The Kier molecular flexibility index (Phi) is 7.27. The van der Waals surface area contributed by atoms with Gasteiger partial charge in [-0.05, 0) is 79.2 Å². The molecule has 8 heteroatoms. The van der Waals surface area contributed by atoms with Gasteiger partial charge < -0.3 is 4.74 Å². The Balaban J connectivity index is 1.42. The second-order valence-electron chi connectivity index (χ2n) is 9.60. The van der Waals surface area contributed by atoms with E-state index in [2.05, 4.69) is 4.98 Å². The second-order valence-corrected chi connectivity index (χ2v) is 10.6. The second kappa shape index (κ2) is 11.3. The Morgan fingerprint density at radius 3 is 2.46 bits per heavy atom. The van der Waals surface area contributed by atoms with Crippen molar-refractivity contribution in [2.24, 2.45) is 4.99 Å². The fourth-order valence-corrected chi connectivity index (χ4v) is 6.10. The molecule has 2 fully saturated rings. The summed E-state index contributed by atoms with van der Waals surface area (Å²) >= 11 is 1.42. The lowest BCUT2D eigenvalue weighted by Crippen LogP contribution is -2.40. The van der Waals surface area contributed by atoms with E-state index in [-0.39, 0.29) is 11.9 Å². The van der Waals surface area contributed by atoms with E-state index in [9.17, 15) is 4.79 Å². The predicted octanol–water partition coefficient (Wildman–Crippen LogP) is 6.88. The number of carbonyl (C=O) groups is 1. The third-order valence-electron chi connectivity index (χ3n) is 7.05. The average molecular weight is 536 g/mol. The zero-order chi connectivity index (χ0) is 26.6. The summed E-state index contributed by atoms with van der Waals surface area (Å²) < 4.78 is 7.21. The van der Waals surface area contributed by atoms with Gasteiger partial charge in [-0.3, -0.25) is 9.69 Å². The van der Waals surface area contributed by atoms with Crippen molar-refractivity contribution in [3.63, 3.8) is 0 Å². The van der Waals surface area contributed by atoms with Gasteiger partial charge in [-0.2, -0.15) is 5.10 Å². The number of methoxy groups -OCH3 is 1. The van der Waals surface area contributed by atoms with Crippen LogP contribution in [0, 0.1) is 0 Å². The van der Waals surface area contributed by atoms with E-state index in [1.165, 1.54) is 18.2 Å². The van der Waals surface area contributed by atoms with Crippen molar-refractivity contribution >= 4 is 34.7 Å². The van der Waals surface area contributed by atoms with E-state index in [1.807, 2.05) is 94.7 Å². The topological polar surface area (TPSA) is 72.6 Å². The number of hydrogen-bond acceptors (Lipinski definition) is 6. The number of amidine groups is 1. The van der Waals surface area contributed by atoms with Crippen molar-refractivity contribution < 1.29 is 9.53 Å². The molecule has 0 atom stereocenters. The van der Waals surface area contributed by atoms with Gasteiger partial charge in [0.1, 0.15) is 5.75 Å². The quantitative estimate of drug-likeness (QED) is 0.252. The fraction of sp³-hybridized carbons (Fsp3) is 0.226.